The topological polar surface area (TPSA) is 84.2 Å². The zero-order valence-corrected chi connectivity index (χ0v) is 20.6. The normalized spacial score (nSPS) is 18.0. The summed E-state index contributed by atoms with van der Waals surface area (Å²) in [5.74, 6) is -0.224. The van der Waals surface area contributed by atoms with E-state index < -0.39 is 0 Å². The number of pyridine rings is 1. The number of nitrogens with zero attached hydrogens (tertiary/aromatic N) is 6. The highest BCUT2D eigenvalue weighted by Gasteiger charge is 2.33. The summed E-state index contributed by atoms with van der Waals surface area (Å²) in [4.78, 5) is 34.8. The van der Waals surface area contributed by atoms with E-state index >= 15 is 0 Å². The molecule has 2 amide bonds. The standard InChI is InChI=1S/C27H25ClN6O2/c1-17-15-32(11-12-33(17)27(36)25-16-34(31-30-25)20-8-9-20)26(35)19-7-10-21-22(28)14-23(29-24(21)13-19)18-5-3-2-4-6-18/h2-7,10,13-14,16-17,20H,8-9,11-12,15H2,1H3. The van der Waals surface area contributed by atoms with E-state index in [0.717, 1.165) is 29.5 Å². The van der Waals surface area contributed by atoms with Crippen molar-refractivity contribution in [3.8, 4) is 11.3 Å². The number of hydrogen-bond donors (Lipinski definition) is 0. The molecule has 2 fully saturated rings. The van der Waals surface area contributed by atoms with Crippen LogP contribution in [0.4, 0.5) is 0 Å². The molecule has 6 rings (SSSR count). The van der Waals surface area contributed by atoms with Crippen molar-refractivity contribution in [2.24, 2.45) is 0 Å². The van der Waals surface area contributed by atoms with Crippen LogP contribution in [-0.4, -0.2) is 67.3 Å². The van der Waals surface area contributed by atoms with Gasteiger partial charge in [0.25, 0.3) is 11.8 Å². The summed E-state index contributed by atoms with van der Waals surface area (Å²) >= 11 is 6.55. The van der Waals surface area contributed by atoms with Gasteiger partial charge >= 0.3 is 0 Å². The molecule has 3 heterocycles. The van der Waals surface area contributed by atoms with Crippen LogP contribution in [0.2, 0.25) is 5.02 Å². The lowest BCUT2D eigenvalue weighted by molar-refractivity contribution is 0.0411. The fourth-order valence-electron chi connectivity index (χ4n) is 4.74. The number of piperazine rings is 1. The molecule has 1 saturated heterocycles. The summed E-state index contributed by atoms with van der Waals surface area (Å²) in [6.45, 7) is 3.29. The molecular weight excluding hydrogens is 476 g/mol. The SMILES string of the molecule is CC1CN(C(=O)c2ccc3c(Cl)cc(-c4ccccc4)nc3c2)CCN1C(=O)c1cn(C2CC2)nn1. The molecule has 2 aromatic heterocycles. The number of carbonyl (C=O) groups is 2. The van der Waals surface area contributed by atoms with Crippen LogP contribution in [-0.2, 0) is 0 Å². The van der Waals surface area contributed by atoms with Gasteiger partial charge in [0, 0.05) is 42.2 Å². The molecule has 182 valence electrons. The monoisotopic (exact) mass is 500 g/mol. The van der Waals surface area contributed by atoms with Crippen molar-refractivity contribution in [1.82, 2.24) is 29.8 Å². The van der Waals surface area contributed by atoms with E-state index in [0.29, 0.717) is 47.5 Å². The van der Waals surface area contributed by atoms with Crippen LogP contribution >= 0.6 is 11.6 Å². The fourth-order valence-corrected chi connectivity index (χ4v) is 5.00. The number of aromatic nitrogens is 4. The lowest BCUT2D eigenvalue weighted by atomic mass is 10.1. The third-order valence-corrected chi connectivity index (χ3v) is 7.21. The number of rotatable bonds is 4. The first-order valence-corrected chi connectivity index (χ1v) is 12.5. The summed E-state index contributed by atoms with van der Waals surface area (Å²) in [5.41, 5.74) is 3.31. The second-order valence-corrected chi connectivity index (χ2v) is 9.91. The van der Waals surface area contributed by atoms with Gasteiger partial charge in [-0.25, -0.2) is 9.67 Å². The van der Waals surface area contributed by atoms with Gasteiger partial charge in [0.2, 0.25) is 0 Å². The Bertz CT molecular complexity index is 1470. The molecule has 9 heteroatoms. The highest BCUT2D eigenvalue weighted by Crippen LogP contribution is 2.34. The summed E-state index contributed by atoms with van der Waals surface area (Å²) in [7, 11) is 0. The molecule has 8 nitrogen and oxygen atoms in total. The minimum absolute atomic E-state index is 0.0847. The van der Waals surface area contributed by atoms with Gasteiger partial charge < -0.3 is 9.80 Å². The van der Waals surface area contributed by atoms with Crippen molar-refractivity contribution in [2.75, 3.05) is 19.6 Å². The lowest BCUT2D eigenvalue weighted by Gasteiger charge is -2.39. The predicted molar refractivity (Wildman–Crippen MR) is 137 cm³/mol. The van der Waals surface area contributed by atoms with Gasteiger partial charge in [-0.3, -0.25) is 9.59 Å². The number of carbonyl (C=O) groups excluding carboxylic acids is 2. The van der Waals surface area contributed by atoms with E-state index in [-0.39, 0.29) is 17.9 Å². The third-order valence-electron chi connectivity index (χ3n) is 6.90. The zero-order valence-electron chi connectivity index (χ0n) is 19.8. The molecule has 2 aromatic carbocycles. The minimum atomic E-state index is -0.140. The number of hydrogen-bond acceptors (Lipinski definition) is 5. The minimum Gasteiger partial charge on any atom is -0.335 e. The Morgan fingerprint density at radius 1 is 1.00 bits per heavy atom. The second-order valence-electron chi connectivity index (χ2n) is 9.50. The van der Waals surface area contributed by atoms with Crippen LogP contribution in [0, 0.1) is 0 Å². The molecule has 2 aliphatic rings. The maximum atomic E-state index is 13.4. The average Bonchev–Trinajstić information content (AvgIpc) is 3.64. The van der Waals surface area contributed by atoms with Gasteiger partial charge in [-0.05, 0) is 38.0 Å². The Morgan fingerprint density at radius 2 is 1.81 bits per heavy atom. The first-order chi connectivity index (χ1) is 17.5. The molecule has 1 aliphatic heterocycles. The molecule has 1 atom stereocenters. The van der Waals surface area contributed by atoms with Crippen molar-refractivity contribution < 1.29 is 9.59 Å². The Morgan fingerprint density at radius 3 is 2.56 bits per heavy atom. The average molecular weight is 501 g/mol. The highest BCUT2D eigenvalue weighted by atomic mass is 35.5. The van der Waals surface area contributed by atoms with E-state index in [4.69, 9.17) is 16.6 Å². The number of halogens is 1. The third kappa shape index (κ3) is 4.22. The summed E-state index contributed by atoms with van der Waals surface area (Å²) in [6, 6.07) is 17.3. The summed E-state index contributed by atoms with van der Waals surface area (Å²) in [5, 5.41) is 9.57. The van der Waals surface area contributed by atoms with Crippen LogP contribution in [0.5, 0.6) is 0 Å². The molecule has 1 aliphatic carbocycles. The smallest absolute Gasteiger partial charge is 0.276 e. The van der Waals surface area contributed by atoms with Crippen molar-refractivity contribution in [3.63, 3.8) is 0 Å². The van der Waals surface area contributed by atoms with Crippen molar-refractivity contribution >= 4 is 34.3 Å². The lowest BCUT2D eigenvalue weighted by Crippen LogP contribution is -2.55. The van der Waals surface area contributed by atoms with E-state index in [1.165, 1.54) is 0 Å². The summed E-state index contributed by atoms with van der Waals surface area (Å²) < 4.78 is 1.78. The molecule has 1 unspecified atom stereocenters. The Balaban J connectivity index is 1.19. The van der Waals surface area contributed by atoms with E-state index in [1.54, 1.807) is 32.8 Å². The van der Waals surface area contributed by atoms with Gasteiger partial charge in [0.1, 0.15) is 0 Å². The predicted octanol–water partition coefficient (Wildman–Crippen LogP) is 4.47. The maximum absolute atomic E-state index is 13.4. The highest BCUT2D eigenvalue weighted by molar-refractivity contribution is 6.35. The largest absolute Gasteiger partial charge is 0.335 e. The molecule has 1 saturated carbocycles. The van der Waals surface area contributed by atoms with Gasteiger partial charge in [-0.2, -0.15) is 0 Å². The van der Waals surface area contributed by atoms with Gasteiger partial charge in [-0.15, -0.1) is 5.10 Å². The van der Waals surface area contributed by atoms with Gasteiger partial charge in [-0.1, -0.05) is 53.2 Å². The molecule has 0 radical (unpaired) electrons. The first-order valence-electron chi connectivity index (χ1n) is 12.2. The quantitative estimate of drug-likeness (QED) is 0.413. The van der Waals surface area contributed by atoms with E-state index in [2.05, 4.69) is 10.3 Å². The molecule has 0 N–H and O–H groups in total. The van der Waals surface area contributed by atoms with Crippen molar-refractivity contribution in [3.05, 3.63) is 77.1 Å². The van der Waals surface area contributed by atoms with E-state index in [1.807, 2.05) is 49.4 Å². The molecule has 0 bridgehead atoms. The van der Waals surface area contributed by atoms with Crippen LogP contribution in [0.3, 0.4) is 0 Å². The van der Waals surface area contributed by atoms with Crippen LogP contribution in [0.25, 0.3) is 22.2 Å². The zero-order chi connectivity index (χ0) is 24.8. The van der Waals surface area contributed by atoms with E-state index in [9.17, 15) is 9.59 Å². The Hall–Kier alpha value is -3.78. The van der Waals surface area contributed by atoms with Crippen LogP contribution in [0.1, 0.15) is 46.7 Å². The van der Waals surface area contributed by atoms with Crippen LogP contribution < -0.4 is 0 Å². The molecular formula is C27H25ClN6O2. The molecule has 36 heavy (non-hydrogen) atoms. The fraction of sp³-hybridized carbons (Fsp3) is 0.296. The number of fused-ring (bicyclic) bond motifs is 1. The van der Waals surface area contributed by atoms with Gasteiger partial charge in [0.15, 0.2) is 5.69 Å². The molecule has 0 spiro atoms. The number of amides is 2. The maximum Gasteiger partial charge on any atom is 0.276 e. The van der Waals surface area contributed by atoms with Crippen LogP contribution in [0.15, 0.2) is 60.8 Å². The Labute approximate surface area is 213 Å². The van der Waals surface area contributed by atoms with Crippen molar-refractivity contribution in [1.29, 1.82) is 0 Å². The Kier molecular flexibility index (Phi) is 5.68. The molecule has 4 aromatic rings. The number of benzene rings is 2. The second kappa shape index (κ2) is 9.02. The summed E-state index contributed by atoms with van der Waals surface area (Å²) in [6.07, 6.45) is 3.90. The first kappa shape index (κ1) is 22.7. The van der Waals surface area contributed by atoms with Crippen molar-refractivity contribution in [2.45, 2.75) is 31.8 Å². The van der Waals surface area contributed by atoms with Gasteiger partial charge in [0.05, 0.1) is 28.5 Å².